The number of ether oxygens (including phenoxy) is 4. The Kier molecular flexibility index (Phi) is 16.9. The lowest BCUT2D eigenvalue weighted by Gasteiger charge is -2.43. The number of nitrogens with one attached hydrogen (secondary N) is 4. The van der Waals surface area contributed by atoms with Crippen molar-refractivity contribution in [1.29, 1.82) is 0 Å². The minimum atomic E-state index is -2.56. The fraction of sp³-hybridized carbons (Fsp3) is 0.469. The number of anilines is 6. The summed E-state index contributed by atoms with van der Waals surface area (Å²) < 4.78 is 35.7. The Bertz CT molecular complexity index is 2570. The first-order valence-corrected chi connectivity index (χ1v) is 26.7. The number of carbonyl (C=O) groups excluding carboxylic acids is 4. The lowest BCUT2D eigenvalue weighted by atomic mass is 10.0. The lowest BCUT2D eigenvalue weighted by Crippen LogP contribution is -2.54. The van der Waals surface area contributed by atoms with Gasteiger partial charge in [-0.2, -0.15) is 4.98 Å². The first-order chi connectivity index (χ1) is 33.9. The minimum absolute atomic E-state index is 0.0131. The Morgan fingerprint density at radius 1 is 0.843 bits per heavy atom. The zero-order valence-corrected chi connectivity index (χ0v) is 41.6. The molecule has 70 heavy (non-hydrogen) atoms. The number of amides is 4. The van der Waals surface area contributed by atoms with Gasteiger partial charge in [0.25, 0.3) is 5.91 Å². The number of aromatic nitrogens is 2. The number of hydrogen-bond donors (Lipinski definition) is 4. The number of methoxy groups -OCH3 is 1. The molecule has 1 atom stereocenters. The van der Waals surface area contributed by atoms with Crippen LogP contribution in [0, 0.1) is 0 Å². The monoisotopic (exact) mass is 1000 g/mol. The summed E-state index contributed by atoms with van der Waals surface area (Å²) in [6.45, 7) is 10.9. The van der Waals surface area contributed by atoms with Gasteiger partial charge in [-0.1, -0.05) is 29.8 Å². The Balaban J connectivity index is 0.680. The van der Waals surface area contributed by atoms with Crippen LogP contribution in [-0.2, 0) is 39.7 Å². The largest absolute Gasteiger partial charge is 0.494 e. The van der Waals surface area contributed by atoms with Crippen LogP contribution in [0.1, 0.15) is 41.6 Å². The molecule has 19 nitrogen and oxygen atoms in total. The highest BCUT2D eigenvalue weighted by Crippen LogP contribution is 2.39. The summed E-state index contributed by atoms with van der Waals surface area (Å²) in [5, 5.41) is 13.2. The van der Waals surface area contributed by atoms with E-state index in [1.807, 2.05) is 53.4 Å². The van der Waals surface area contributed by atoms with E-state index in [9.17, 15) is 23.7 Å². The van der Waals surface area contributed by atoms with Crippen LogP contribution in [0.15, 0.2) is 66.9 Å². The van der Waals surface area contributed by atoms with Crippen molar-refractivity contribution in [2.75, 3.05) is 127 Å². The topological polar surface area (TPSA) is 209 Å². The fourth-order valence-corrected chi connectivity index (χ4v) is 10.6. The number of carbonyl (C=O) groups is 4. The van der Waals surface area contributed by atoms with Crippen LogP contribution in [0.3, 0.4) is 0 Å². The number of benzene rings is 3. The van der Waals surface area contributed by atoms with Crippen molar-refractivity contribution in [3.05, 3.63) is 83.0 Å². The molecule has 0 spiro atoms. The van der Waals surface area contributed by atoms with Crippen LogP contribution >= 0.6 is 18.7 Å². The number of para-hydroxylation sites is 1. The molecular formula is C49H62ClN10O9P. The van der Waals surface area contributed by atoms with Gasteiger partial charge in [0.05, 0.1) is 57.7 Å². The van der Waals surface area contributed by atoms with E-state index in [-0.39, 0.29) is 30.7 Å². The highest BCUT2D eigenvalue weighted by atomic mass is 35.5. The standard InChI is InChI=1S/C49H62ClN10O9P/c1-66-42-29-34(11-12-39(42)54-49-52-30-37(50)46(56-49)53-40-8-4-5-10-43(40)70(2,3)65)57-18-15-33(16-19-57)58-20-22-59(23-21-58)45(62)32-69-28-27-68-26-25-67-24-17-51-38-9-6-7-35-36(38)31-60(48(35)64)41-13-14-44(61)55-47(41)63/h4-12,29-30,33,41,51H,13-28,31-32H2,1-3H3,(H,55,61,63)(H2,52,53,54,56). The summed E-state index contributed by atoms with van der Waals surface area (Å²) >= 11 is 6.48. The molecule has 4 amide bonds. The van der Waals surface area contributed by atoms with E-state index in [2.05, 4.69) is 47.1 Å². The first-order valence-electron chi connectivity index (χ1n) is 23.8. The predicted molar refractivity (Wildman–Crippen MR) is 269 cm³/mol. The van der Waals surface area contributed by atoms with E-state index in [1.165, 1.54) is 11.1 Å². The second-order valence-corrected chi connectivity index (χ2v) is 21.6. The Labute approximate surface area is 413 Å². The summed E-state index contributed by atoms with van der Waals surface area (Å²) in [6, 6.07) is 18.7. The summed E-state index contributed by atoms with van der Waals surface area (Å²) in [5.74, 6) is 0.402. The van der Waals surface area contributed by atoms with Crippen molar-refractivity contribution in [3.8, 4) is 5.75 Å². The number of hydrogen-bond acceptors (Lipinski definition) is 16. The van der Waals surface area contributed by atoms with Gasteiger partial charge in [0, 0.05) is 98.7 Å². The van der Waals surface area contributed by atoms with Crippen LogP contribution < -0.4 is 36.2 Å². The molecule has 4 aliphatic rings. The molecule has 1 unspecified atom stereocenters. The van der Waals surface area contributed by atoms with Crippen LogP contribution in [0.4, 0.5) is 34.5 Å². The smallest absolute Gasteiger partial charge is 0.255 e. The zero-order valence-electron chi connectivity index (χ0n) is 39.9. The van der Waals surface area contributed by atoms with Gasteiger partial charge in [-0.3, -0.25) is 29.4 Å². The quantitative estimate of drug-likeness (QED) is 0.0497. The van der Waals surface area contributed by atoms with Crippen LogP contribution in [0.2, 0.25) is 5.02 Å². The Morgan fingerprint density at radius 3 is 2.31 bits per heavy atom. The number of rotatable bonds is 21. The Hall–Kier alpha value is -5.82. The van der Waals surface area contributed by atoms with Gasteiger partial charge >= 0.3 is 0 Å². The predicted octanol–water partition coefficient (Wildman–Crippen LogP) is 4.91. The average Bonchev–Trinajstić information content (AvgIpc) is 3.70. The van der Waals surface area contributed by atoms with Gasteiger partial charge in [0.15, 0.2) is 5.82 Å². The molecule has 0 radical (unpaired) electrons. The molecule has 3 saturated heterocycles. The Morgan fingerprint density at radius 2 is 1.57 bits per heavy atom. The lowest BCUT2D eigenvalue weighted by molar-refractivity contribution is -0.139. The third kappa shape index (κ3) is 12.5. The molecule has 4 aromatic rings. The van der Waals surface area contributed by atoms with Gasteiger partial charge < -0.3 is 54.2 Å². The molecule has 8 rings (SSSR count). The van der Waals surface area contributed by atoms with E-state index in [0.717, 1.165) is 56.0 Å². The third-order valence-corrected chi connectivity index (χ3v) is 14.9. The molecular weight excluding hydrogens is 939 g/mol. The van der Waals surface area contributed by atoms with Gasteiger partial charge in [-0.05, 0) is 69.0 Å². The van der Waals surface area contributed by atoms with Gasteiger partial charge in [-0.25, -0.2) is 4.98 Å². The number of fused-ring (bicyclic) bond motifs is 1. The zero-order chi connectivity index (χ0) is 49.2. The van der Waals surface area contributed by atoms with Gasteiger partial charge in [0.2, 0.25) is 23.7 Å². The number of imide groups is 1. The second kappa shape index (κ2) is 23.4. The van der Waals surface area contributed by atoms with Crippen molar-refractivity contribution in [1.82, 2.24) is 30.0 Å². The molecule has 5 heterocycles. The van der Waals surface area contributed by atoms with Crippen molar-refractivity contribution in [2.24, 2.45) is 0 Å². The maximum atomic E-state index is 13.1. The number of halogens is 1. The summed E-state index contributed by atoms with van der Waals surface area (Å²) in [5.41, 5.74) is 4.64. The van der Waals surface area contributed by atoms with E-state index in [0.29, 0.717) is 116 Å². The molecule has 0 saturated carbocycles. The van der Waals surface area contributed by atoms with Gasteiger partial charge in [-0.15, -0.1) is 0 Å². The first kappa shape index (κ1) is 50.6. The van der Waals surface area contributed by atoms with Crippen LogP contribution in [-0.4, -0.2) is 166 Å². The van der Waals surface area contributed by atoms with E-state index in [4.69, 9.17) is 30.5 Å². The average molecular weight is 1000 g/mol. The molecule has 4 aliphatic heterocycles. The molecule has 3 fully saturated rings. The molecule has 21 heteroatoms. The number of piperidine rings is 2. The van der Waals surface area contributed by atoms with Crippen molar-refractivity contribution < 1.29 is 42.7 Å². The minimum Gasteiger partial charge on any atom is -0.494 e. The highest BCUT2D eigenvalue weighted by Gasteiger charge is 2.40. The normalized spacial score (nSPS) is 17.9. The number of piperazine rings is 1. The van der Waals surface area contributed by atoms with Crippen molar-refractivity contribution in [2.45, 2.75) is 44.3 Å². The second-order valence-electron chi connectivity index (χ2n) is 18.0. The van der Waals surface area contributed by atoms with Gasteiger partial charge in [0.1, 0.15) is 30.6 Å². The SMILES string of the molecule is COc1cc(N2CCC(N3CCN(C(=O)COCCOCCOCCNc4cccc5c4CN(C4CCC(=O)NC4=O)C5=O)CC3)CC2)ccc1Nc1ncc(Cl)c(Nc2ccccc2P(C)(C)=O)n1. The summed E-state index contributed by atoms with van der Waals surface area (Å²) in [4.78, 5) is 67.3. The summed E-state index contributed by atoms with van der Waals surface area (Å²) in [6.07, 6.45) is 4.07. The third-order valence-electron chi connectivity index (χ3n) is 13.0. The molecule has 1 aromatic heterocycles. The molecule has 0 aliphatic carbocycles. The van der Waals surface area contributed by atoms with E-state index in [1.54, 1.807) is 26.5 Å². The maximum absolute atomic E-state index is 13.1. The van der Waals surface area contributed by atoms with Crippen molar-refractivity contribution >= 4 is 82.2 Å². The van der Waals surface area contributed by atoms with Crippen LogP contribution in [0.5, 0.6) is 5.75 Å². The van der Waals surface area contributed by atoms with E-state index >= 15 is 0 Å². The summed E-state index contributed by atoms with van der Waals surface area (Å²) in [7, 11) is -0.925. The molecule has 4 N–H and O–H groups in total. The molecule has 374 valence electrons. The highest BCUT2D eigenvalue weighted by molar-refractivity contribution is 7.70. The van der Waals surface area contributed by atoms with Crippen LogP contribution in [0.25, 0.3) is 0 Å². The fourth-order valence-electron chi connectivity index (χ4n) is 9.32. The number of nitrogens with zero attached hydrogens (tertiary/aromatic N) is 6. The maximum Gasteiger partial charge on any atom is 0.255 e. The van der Waals surface area contributed by atoms with E-state index < -0.39 is 19.1 Å². The molecule has 0 bridgehead atoms. The van der Waals surface area contributed by atoms with Crippen molar-refractivity contribution in [3.63, 3.8) is 0 Å². The molecule has 3 aromatic carbocycles.